The number of anilines is 1. The SMILES string of the molecule is CCOC(=O)CCCNCC(=O)Nc1ccc(F)cc1F. The van der Waals surface area contributed by atoms with Gasteiger partial charge in [-0.1, -0.05) is 0 Å². The second-order valence-electron chi connectivity index (χ2n) is 4.26. The van der Waals surface area contributed by atoms with E-state index < -0.39 is 17.5 Å². The topological polar surface area (TPSA) is 67.4 Å². The van der Waals surface area contributed by atoms with Crippen LogP contribution in [-0.2, 0) is 14.3 Å². The zero-order valence-electron chi connectivity index (χ0n) is 11.7. The molecule has 116 valence electrons. The number of ether oxygens (including phenoxy) is 1. The van der Waals surface area contributed by atoms with Crippen LogP contribution in [0.3, 0.4) is 0 Å². The molecule has 0 aliphatic heterocycles. The Labute approximate surface area is 121 Å². The van der Waals surface area contributed by atoms with E-state index in [2.05, 4.69) is 10.6 Å². The number of halogens is 2. The molecule has 0 heterocycles. The fourth-order valence-corrected chi connectivity index (χ4v) is 1.58. The van der Waals surface area contributed by atoms with E-state index in [9.17, 15) is 18.4 Å². The Morgan fingerprint density at radius 2 is 2.05 bits per heavy atom. The number of hydrogen-bond donors (Lipinski definition) is 2. The molecular formula is C14H18F2N2O3. The third kappa shape index (κ3) is 6.80. The molecule has 2 N–H and O–H groups in total. The van der Waals surface area contributed by atoms with Crippen molar-refractivity contribution in [2.75, 3.05) is 25.0 Å². The van der Waals surface area contributed by atoms with Gasteiger partial charge in [-0.05, 0) is 32.0 Å². The summed E-state index contributed by atoms with van der Waals surface area (Å²) >= 11 is 0. The first-order valence-electron chi connectivity index (χ1n) is 6.64. The number of benzene rings is 1. The molecule has 0 atom stereocenters. The van der Waals surface area contributed by atoms with Crippen molar-refractivity contribution in [3.05, 3.63) is 29.8 Å². The second kappa shape index (κ2) is 9.02. The lowest BCUT2D eigenvalue weighted by Gasteiger charge is -2.07. The minimum atomic E-state index is -0.828. The van der Waals surface area contributed by atoms with E-state index in [0.29, 0.717) is 25.6 Å². The Kier molecular flexibility index (Phi) is 7.31. The van der Waals surface area contributed by atoms with Crippen molar-refractivity contribution in [1.29, 1.82) is 0 Å². The molecule has 0 saturated heterocycles. The van der Waals surface area contributed by atoms with E-state index in [-0.39, 0.29) is 24.6 Å². The van der Waals surface area contributed by atoms with Crippen molar-refractivity contribution >= 4 is 17.6 Å². The molecule has 1 rings (SSSR count). The molecule has 0 aliphatic rings. The highest BCUT2D eigenvalue weighted by molar-refractivity contribution is 5.92. The summed E-state index contributed by atoms with van der Waals surface area (Å²) in [7, 11) is 0. The van der Waals surface area contributed by atoms with Crippen LogP contribution in [0.2, 0.25) is 0 Å². The number of hydrogen-bond acceptors (Lipinski definition) is 4. The molecule has 0 spiro atoms. The van der Waals surface area contributed by atoms with Crippen LogP contribution in [0.5, 0.6) is 0 Å². The molecule has 21 heavy (non-hydrogen) atoms. The molecule has 0 saturated carbocycles. The molecule has 1 aromatic carbocycles. The van der Waals surface area contributed by atoms with Gasteiger partial charge < -0.3 is 15.4 Å². The molecular weight excluding hydrogens is 282 g/mol. The highest BCUT2D eigenvalue weighted by Crippen LogP contribution is 2.14. The number of esters is 1. The van der Waals surface area contributed by atoms with E-state index in [1.54, 1.807) is 6.92 Å². The zero-order chi connectivity index (χ0) is 15.7. The van der Waals surface area contributed by atoms with Gasteiger partial charge in [-0.25, -0.2) is 8.78 Å². The lowest BCUT2D eigenvalue weighted by atomic mass is 10.3. The lowest BCUT2D eigenvalue weighted by Crippen LogP contribution is -2.29. The van der Waals surface area contributed by atoms with Crippen molar-refractivity contribution in [3.8, 4) is 0 Å². The summed E-state index contributed by atoms with van der Waals surface area (Å²) in [5.74, 6) is -2.26. The molecule has 0 unspecified atom stereocenters. The summed E-state index contributed by atoms with van der Waals surface area (Å²) in [5, 5.41) is 5.14. The Morgan fingerprint density at radius 3 is 2.71 bits per heavy atom. The minimum Gasteiger partial charge on any atom is -0.466 e. The summed E-state index contributed by atoms with van der Waals surface area (Å²) in [4.78, 5) is 22.6. The first kappa shape index (κ1) is 17.0. The van der Waals surface area contributed by atoms with Crippen molar-refractivity contribution in [2.45, 2.75) is 19.8 Å². The Hall–Kier alpha value is -2.02. The maximum atomic E-state index is 13.3. The highest BCUT2D eigenvalue weighted by Gasteiger charge is 2.07. The lowest BCUT2D eigenvalue weighted by molar-refractivity contribution is -0.143. The van der Waals surface area contributed by atoms with E-state index in [0.717, 1.165) is 12.1 Å². The fraction of sp³-hybridized carbons (Fsp3) is 0.429. The van der Waals surface area contributed by atoms with E-state index >= 15 is 0 Å². The van der Waals surface area contributed by atoms with E-state index in [4.69, 9.17) is 4.74 Å². The van der Waals surface area contributed by atoms with Gasteiger partial charge in [0, 0.05) is 12.5 Å². The van der Waals surface area contributed by atoms with Crippen LogP contribution in [0.15, 0.2) is 18.2 Å². The maximum absolute atomic E-state index is 13.3. The monoisotopic (exact) mass is 300 g/mol. The first-order chi connectivity index (χ1) is 10.0. The molecule has 7 heteroatoms. The van der Waals surface area contributed by atoms with Crippen LogP contribution in [0.25, 0.3) is 0 Å². The van der Waals surface area contributed by atoms with Crippen molar-refractivity contribution in [3.63, 3.8) is 0 Å². The average molecular weight is 300 g/mol. The van der Waals surface area contributed by atoms with Gasteiger partial charge >= 0.3 is 5.97 Å². The van der Waals surface area contributed by atoms with Crippen LogP contribution in [0.1, 0.15) is 19.8 Å². The Bertz CT molecular complexity index is 495. The molecule has 1 aromatic rings. The smallest absolute Gasteiger partial charge is 0.305 e. The molecule has 0 aromatic heterocycles. The first-order valence-corrected chi connectivity index (χ1v) is 6.64. The zero-order valence-corrected chi connectivity index (χ0v) is 11.7. The van der Waals surface area contributed by atoms with Gasteiger partial charge in [0.05, 0.1) is 18.8 Å². The third-order valence-corrected chi connectivity index (χ3v) is 2.53. The van der Waals surface area contributed by atoms with Gasteiger partial charge in [-0.3, -0.25) is 9.59 Å². The fourth-order valence-electron chi connectivity index (χ4n) is 1.58. The summed E-state index contributed by atoms with van der Waals surface area (Å²) in [5.41, 5.74) is -0.0743. The van der Waals surface area contributed by atoms with Gasteiger partial charge in [0.2, 0.25) is 5.91 Å². The summed E-state index contributed by atoms with van der Waals surface area (Å²) < 4.78 is 30.7. The van der Waals surface area contributed by atoms with Gasteiger partial charge in [-0.2, -0.15) is 0 Å². The minimum absolute atomic E-state index is 0.0281. The molecule has 0 bridgehead atoms. The van der Waals surface area contributed by atoms with E-state index in [1.165, 1.54) is 0 Å². The van der Waals surface area contributed by atoms with Crippen LogP contribution in [0, 0.1) is 11.6 Å². The Balaban J connectivity index is 2.21. The highest BCUT2D eigenvalue weighted by atomic mass is 19.1. The number of carbonyl (C=O) groups is 2. The number of nitrogens with one attached hydrogen (secondary N) is 2. The standard InChI is InChI=1S/C14H18F2N2O3/c1-2-21-14(20)4-3-7-17-9-13(19)18-12-6-5-10(15)8-11(12)16/h5-6,8,17H,2-4,7,9H2,1H3,(H,18,19). The van der Waals surface area contributed by atoms with Gasteiger partial charge in [-0.15, -0.1) is 0 Å². The molecule has 0 aliphatic carbocycles. The van der Waals surface area contributed by atoms with E-state index in [1.807, 2.05) is 0 Å². The second-order valence-corrected chi connectivity index (χ2v) is 4.26. The molecule has 0 radical (unpaired) electrons. The number of carbonyl (C=O) groups excluding carboxylic acids is 2. The van der Waals surface area contributed by atoms with Crippen LogP contribution >= 0.6 is 0 Å². The largest absolute Gasteiger partial charge is 0.466 e. The van der Waals surface area contributed by atoms with Gasteiger partial charge in [0.15, 0.2) is 0 Å². The summed E-state index contributed by atoms with van der Waals surface area (Å²) in [6.45, 7) is 2.50. The summed E-state index contributed by atoms with van der Waals surface area (Å²) in [6, 6.07) is 2.91. The quantitative estimate of drug-likeness (QED) is 0.568. The van der Waals surface area contributed by atoms with Crippen LogP contribution in [0.4, 0.5) is 14.5 Å². The van der Waals surface area contributed by atoms with Gasteiger partial charge in [0.25, 0.3) is 0 Å². The van der Waals surface area contributed by atoms with Crippen molar-refractivity contribution in [2.24, 2.45) is 0 Å². The predicted molar refractivity (Wildman–Crippen MR) is 73.7 cm³/mol. The van der Waals surface area contributed by atoms with Gasteiger partial charge in [0.1, 0.15) is 11.6 Å². The van der Waals surface area contributed by atoms with Crippen molar-refractivity contribution in [1.82, 2.24) is 5.32 Å². The average Bonchev–Trinajstić information content (AvgIpc) is 2.42. The Morgan fingerprint density at radius 1 is 1.29 bits per heavy atom. The van der Waals surface area contributed by atoms with Crippen LogP contribution in [-0.4, -0.2) is 31.6 Å². The predicted octanol–water partition coefficient (Wildman–Crippen LogP) is 1.84. The third-order valence-electron chi connectivity index (χ3n) is 2.53. The number of amides is 1. The maximum Gasteiger partial charge on any atom is 0.305 e. The molecule has 1 amide bonds. The molecule has 5 nitrogen and oxygen atoms in total. The summed E-state index contributed by atoms with van der Waals surface area (Å²) in [6.07, 6.45) is 0.812. The van der Waals surface area contributed by atoms with Crippen molar-refractivity contribution < 1.29 is 23.1 Å². The number of rotatable bonds is 8. The van der Waals surface area contributed by atoms with Crippen LogP contribution < -0.4 is 10.6 Å². The molecule has 0 fully saturated rings. The normalized spacial score (nSPS) is 10.2.